The van der Waals surface area contributed by atoms with E-state index in [4.69, 9.17) is 16.3 Å². The smallest absolute Gasteiger partial charge is 0.238 e. The molecule has 1 aliphatic heterocycles. The van der Waals surface area contributed by atoms with E-state index in [1.807, 2.05) is 24.1 Å². The second-order valence-electron chi connectivity index (χ2n) is 5.21. The Hall–Kier alpha value is -1.10. The molecule has 20 heavy (non-hydrogen) atoms. The lowest BCUT2D eigenvalue weighted by Gasteiger charge is -2.27. The summed E-state index contributed by atoms with van der Waals surface area (Å²) in [6.07, 6.45) is 3.69. The number of likely N-dealkylation sites (N-methyl/N-ethyl adjacent to an activating group) is 1. The summed E-state index contributed by atoms with van der Waals surface area (Å²) in [7, 11) is 1.93. The maximum Gasteiger partial charge on any atom is 0.238 e. The van der Waals surface area contributed by atoms with Crippen LogP contribution in [0.5, 0.6) is 0 Å². The molecule has 110 valence electrons. The molecule has 1 amide bonds. The van der Waals surface area contributed by atoms with Crippen molar-refractivity contribution in [1.29, 1.82) is 0 Å². The molecule has 1 aromatic carbocycles. The van der Waals surface area contributed by atoms with Crippen molar-refractivity contribution in [3.8, 4) is 0 Å². The van der Waals surface area contributed by atoms with Crippen LogP contribution in [0.4, 0.5) is 5.69 Å². The summed E-state index contributed by atoms with van der Waals surface area (Å²) in [4.78, 5) is 14.0. The van der Waals surface area contributed by atoms with Gasteiger partial charge in [-0.05, 0) is 38.4 Å². The Bertz CT molecular complexity index is 447. The fourth-order valence-electron chi connectivity index (χ4n) is 2.36. The van der Waals surface area contributed by atoms with Gasteiger partial charge in [-0.2, -0.15) is 0 Å². The van der Waals surface area contributed by atoms with Gasteiger partial charge < -0.3 is 10.1 Å². The number of carbonyl (C=O) groups excluding carboxylic acids is 1. The molecule has 5 heteroatoms. The zero-order valence-electron chi connectivity index (χ0n) is 11.8. The highest BCUT2D eigenvalue weighted by Crippen LogP contribution is 2.20. The maximum absolute atomic E-state index is 12.0. The molecule has 1 aromatic rings. The normalized spacial score (nSPS) is 19.1. The minimum absolute atomic E-state index is 0.0589. The number of hydrogen-bond donors (Lipinski definition) is 1. The van der Waals surface area contributed by atoms with Gasteiger partial charge in [-0.1, -0.05) is 23.7 Å². The number of nitrogens with zero attached hydrogens (tertiary/aromatic N) is 1. The molecule has 1 aliphatic rings. The predicted molar refractivity (Wildman–Crippen MR) is 81.2 cm³/mol. The van der Waals surface area contributed by atoms with Crippen LogP contribution >= 0.6 is 11.6 Å². The standard InChI is InChI=1S/C15H21ClN2O2/c1-18(10-12-6-4-5-9-20-12)11-15(19)17-14-8-3-2-7-13(14)16/h2-3,7-8,12H,4-6,9-11H2,1H3,(H,17,19)/t12-/m1/s1. The summed E-state index contributed by atoms with van der Waals surface area (Å²) in [6.45, 7) is 1.96. The monoisotopic (exact) mass is 296 g/mol. The first-order chi connectivity index (χ1) is 9.65. The molecule has 1 atom stereocenters. The van der Waals surface area contributed by atoms with Crippen molar-refractivity contribution >= 4 is 23.2 Å². The quantitative estimate of drug-likeness (QED) is 0.908. The molecule has 1 saturated heterocycles. The first kappa shape index (κ1) is 15.3. The Kier molecular flexibility index (Phi) is 5.83. The van der Waals surface area contributed by atoms with Gasteiger partial charge in [-0.15, -0.1) is 0 Å². The number of amides is 1. The number of anilines is 1. The average molecular weight is 297 g/mol. The van der Waals surface area contributed by atoms with E-state index in [1.165, 1.54) is 6.42 Å². The third kappa shape index (κ3) is 4.78. The molecule has 1 heterocycles. The summed E-state index contributed by atoms with van der Waals surface area (Å²) in [5, 5.41) is 3.38. The van der Waals surface area contributed by atoms with E-state index < -0.39 is 0 Å². The lowest BCUT2D eigenvalue weighted by atomic mass is 10.1. The molecule has 0 bridgehead atoms. The number of para-hydroxylation sites is 1. The van der Waals surface area contributed by atoms with Crippen LogP contribution in [0.25, 0.3) is 0 Å². The second kappa shape index (κ2) is 7.62. The van der Waals surface area contributed by atoms with Gasteiger partial charge in [0.15, 0.2) is 0 Å². The SMILES string of the molecule is CN(CC(=O)Nc1ccccc1Cl)C[C@H]1CCCCO1. The Morgan fingerprint density at radius 3 is 2.95 bits per heavy atom. The number of rotatable bonds is 5. The molecular weight excluding hydrogens is 276 g/mol. The van der Waals surface area contributed by atoms with Gasteiger partial charge >= 0.3 is 0 Å². The Morgan fingerprint density at radius 2 is 2.25 bits per heavy atom. The summed E-state index contributed by atoms with van der Waals surface area (Å²) in [6, 6.07) is 7.24. The molecule has 0 aromatic heterocycles. The summed E-state index contributed by atoms with van der Waals surface area (Å²) < 4.78 is 5.67. The van der Waals surface area contributed by atoms with Crippen molar-refractivity contribution in [3.63, 3.8) is 0 Å². The molecule has 1 fully saturated rings. The molecule has 1 N–H and O–H groups in total. The van der Waals surface area contributed by atoms with Crippen LogP contribution in [0.1, 0.15) is 19.3 Å². The van der Waals surface area contributed by atoms with Gasteiger partial charge in [0, 0.05) is 13.2 Å². The van der Waals surface area contributed by atoms with E-state index in [0.29, 0.717) is 17.3 Å². The van der Waals surface area contributed by atoms with E-state index in [2.05, 4.69) is 5.32 Å². The summed E-state index contributed by atoms with van der Waals surface area (Å²) in [5.41, 5.74) is 0.654. The highest BCUT2D eigenvalue weighted by molar-refractivity contribution is 6.33. The van der Waals surface area contributed by atoms with Gasteiger partial charge in [0.1, 0.15) is 0 Å². The van der Waals surface area contributed by atoms with Crippen LogP contribution in [0.2, 0.25) is 5.02 Å². The minimum Gasteiger partial charge on any atom is -0.377 e. The Balaban J connectivity index is 1.77. The molecule has 4 nitrogen and oxygen atoms in total. The van der Waals surface area contributed by atoms with Gasteiger partial charge in [-0.3, -0.25) is 9.69 Å². The maximum atomic E-state index is 12.0. The van der Waals surface area contributed by atoms with E-state index in [9.17, 15) is 4.79 Å². The van der Waals surface area contributed by atoms with Crippen molar-refractivity contribution in [2.75, 3.05) is 32.1 Å². The molecule has 0 aliphatic carbocycles. The third-order valence-corrected chi connectivity index (χ3v) is 3.68. The van der Waals surface area contributed by atoms with Crippen LogP contribution in [-0.4, -0.2) is 43.7 Å². The number of carbonyl (C=O) groups is 1. The van der Waals surface area contributed by atoms with E-state index >= 15 is 0 Å². The van der Waals surface area contributed by atoms with E-state index in [-0.39, 0.29) is 12.0 Å². The Labute approximate surface area is 125 Å². The molecular formula is C15H21ClN2O2. The number of hydrogen-bond acceptors (Lipinski definition) is 3. The molecule has 0 spiro atoms. The van der Waals surface area contributed by atoms with Crippen LogP contribution in [0.3, 0.4) is 0 Å². The van der Waals surface area contributed by atoms with Gasteiger partial charge in [-0.25, -0.2) is 0 Å². The summed E-state index contributed by atoms with van der Waals surface area (Å²) in [5.74, 6) is -0.0589. The van der Waals surface area contributed by atoms with Crippen molar-refractivity contribution < 1.29 is 9.53 Å². The van der Waals surface area contributed by atoms with E-state index in [0.717, 1.165) is 26.0 Å². The highest BCUT2D eigenvalue weighted by atomic mass is 35.5. The van der Waals surface area contributed by atoms with Crippen LogP contribution in [0, 0.1) is 0 Å². The van der Waals surface area contributed by atoms with Gasteiger partial charge in [0.2, 0.25) is 5.91 Å². The van der Waals surface area contributed by atoms with Crippen molar-refractivity contribution in [2.45, 2.75) is 25.4 Å². The lowest BCUT2D eigenvalue weighted by molar-refractivity contribution is -0.117. The third-order valence-electron chi connectivity index (χ3n) is 3.35. The number of halogens is 1. The Morgan fingerprint density at radius 1 is 1.45 bits per heavy atom. The largest absolute Gasteiger partial charge is 0.377 e. The zero-order valence-corrected chi connectivity index (χ0v) is 12.5. The van der Waals surface area contributed by atoms with Crippen molar-refractivity contribution in [1.82, 2.24) is 4.90 Å². The first-order valence-electron chi connectivity index (χ1n) is 6.99. The van der Waals surface area contributed by atoms with Crippen molar-refractivity contribution in [3.05, 3.63) is 29.3 Å². The number of benzene rings is 1. The van der Waals surface area contributed by atoms with Crippen LogP contribution < -0.4 is 5.32 Å². The average Bonchev–Trinajstić information content (AvgIpc) is 2.42. The fraction of sp³-hybridized carbons (Fsp3) is 0.533. The molecule has 0 saturated carbocycles. The van der Waals surface area contributed by atoms with Crippen LogP contribution in [0.15, 0.2) is 24.3 Å². The zero-order chi connectivity index (χ0) is 14.4. The van der Waals surface area contributed by atoms with Crippen molar-refractivity contribution in [2.24, 2.45) is 0 Å². The molecule has 0 unspecified atom stereocenters. The second-order valence-corrected chi connectivity index (χ2v) is 5.62. The van der Waals surface area contributed by atoms with Gasteiger partial charge in [0.05, 0.1) is 23.4 Å². The topological polar surface area (TPSA) is 41.6 Å². The molecule has 0 radical (unpaired) electrons. The van der Waals surface area contributed by atoms with Gasteiger partial charge in [0.25, 0.3) is 0 Å². The first-order valence-corrected chi connectivity index (χ1v) is 7.37. The lowest BCUT2D eigenvalue weighted by Crippen LogP contribution is -2.37. The number of nitrogens with one attached hydrogen (secondary N) is 1. The summed E-state index contributed by atoms with van der Waals surface area (Å²) >= 11 is 6.01. The highest BCUT2D eigenvalue weighted by Gasteiger charge is 2.17. The van der Waals surface area contributed by atoms with E-state index in [1.54, 1.807) is 12.1 Å². The predicted octanol–water partition coefficient (Wildman–Crippen LogP) is 2.78. The number of ether oxygens (including phenoxy) is 1. The minimum atomic E-state index is -0.0589. The molecule has 2 rings (SSSR count). The fourth-order valence-corrected chi connectivity index (χ4v) is 2.54. The van der Waals surface area contributed by atoms with Crippen LogP contribution in [-0.2, 0) is 9.53 Å².